The molecule has 2 aliphatic rings. The molecule has 1 aliphatic carbocycles. The van der Waals surface area contributed by atoms with Crippen LogP contribution in [0.5, 0.6) is 0 Å². The van der Waals surface area contributed by atoms with Gasteiger partial charge < -0.3 is 10.6 Å². The van der Waals surface area contributed by atoms with Crippen molar-refractivity contribution in [3.05, 3.63) is 94.5 Å². The van der Waals surface area contributed by atoms with Crippen molar-refractivity contribution in [1.29, 1.82) is 0 Å². The van der Waals surface area contributed by atoms with Crippen molar-refractivity contribution in [3.63, 3.8) is 0 Å². The molecule has 2 amide bonds. The number of hydrogen-bond donors (Lipinski definition) is 2. The van der Waals surface area contributed by atoms with Gasteiger partial charge in [0.1, 0.15) is 5.41 Å². The third-order valence-electron chi connectivity index (χ3n) is 8.31. The number of carbonyl (C=O) groups is 2. The Balaban J connectivity index is 1.21. The minimum absolute atomic E-state index is 0.0208. The molecular weight excluding hydrogens is 539 g/mol. The van der Waals surface area contributed by atoms with Gasteiger partial charge in [-0.25, -0.2) is 4.39 Å². The van der Waals surface area contributed by atoms with E-state index in [1.165, 1.54) is 5.56 Å². The van der Waals surface area contributed by atoms with E-state index in [4.69, 9.17) is 0 Å². The molecule has 5 rings (SSSR count). The highest BCUT2D eigenvalue weighted by molar-refractivity contribution is 7.39. The zero-order valence-electron chi connectivity index (χ0n) is 23.2. The summed E-state index contributed by atoms with van der Waals surface area (Å²) in [6, 6.07) is 22.1. The molecule has 0 radical (unpaired) electrons. The Labute approximate surface area is 241 Å². The minimum atomic E-state index is -1.66. The Morgan fingerprint density at radius 2 is 1.57 bits per heavy atom. The van der Waals surface area contributed by atoms with E-state index >= 15 is 0 Å². The molecule has 0 spiro atoms. The quantitative estimate of drug-likeness (QED) is 0.253. The fourth-order valence-corrected chi connectivity index (χ4v) is 6.24. The zero-order chi connectivity index (χ0) is 28.5. The summed E-state index contributed by atoms with van der Waals surface area (Å²) in [4.78, 5) is 28.9. The number of nitrogens with one attached hydrogen (secondary N) is 2. The lowest BCUT2D eigenvalue weighted by atomic mass is 9.73. The van der Waals surface area contributed by atoms with Crippen LogP contribution in [0.1, 0.15) is 51.9 Å². The van der Waals surface area contributed by atoms with Crippen LogP contribution in [0, 0.1) is 13.8 Å². The van der Waals surface area contributed by atoms with E-state index in [2.05, 4.69) is 46.1 Å². The number of fused-ring (bicyclic) bond motifs is 3. The summed E-state index contributed by atoms with van der Waals surface area (Å²) in [6.45, 7) is 6.53. The predicted octanol–water partition coefficient (Wildman–Crippen LogP) is 5.34. The molecule has 0 aromatic heterocycles. The molecule has 1 fully saturated rings. The Bertz CT molecular complexity index is 1370. The van der Waals surface area contributed by atoms with Crippen LogP contribution in [0.25, 0.3) is 11.1 Å². The highest BCUT2D eigenvalue weighted by Crippen LogP contribution is 2.51. The summed E-state index contributed by atoms with van der Waals surface area (Å²) in [7, 11) is 4.26. The lowest BCUT2D eigenvalue weighted by Gasteiger charge is -2.40. The van der Waals surface area contributed by atoms with E-state index in [-0.39, 0.29) is 24.4 Å². The van der Waals surface area contributed by atoms with E-state index in [1.54, 1.807) is 0 Å². The lowest BCUT2D eigenvalue weighted by Crippen LogP contribution is -2.59. The van der Waals surface area contributed by atoms with Gasteiger partial charge in [-0.05, 0) is 78.7 Å². The number of aryl methyl sites for hydroxylation is 2. The topological polar surface area (TPSA) is 61.4 Å². The zero-order valence-corrected chi connectivity index (χ0v) is 25.5. The highest BCUT2D eigenvalue weighted by atomic mass is 31.1. The van der Waals surface area contributed by atoms with Gasteiger partial charge in [0.05, 0.1) is 12.6 Å². The number of nitrogens with zero attached hydrogens (tertiary/aromatic N) is 1. The molecule has 3 aromatic carbocycles. The third kappa shape index (κ3) is 5.86. The van der Waals surface area contributed by atoms with Gasteiger partial charge in [-0.2, -0.15) is 0 Å². The van der Waals surface area contributed by atoms with Crippen LogP contribution in [0.15, 0.2) is 66.7 Å². The largest absolute Gasteiger partial charge is 0.351 e. The maximum atomic E-state index is 14.3. The number of carbonyl (C=O) groups excluding carboxylic acids is 2. The molecule has 1 aliphatic heterocycles. The Morgan fingerprint density at radius 1 is 0.950 bits per heavy atom. The first kappa shape index (κ1) is 28.9. The van der Waals surface area contributed by atoms with Crippen molar-refractivity contribution in [2.45, 2.75) is 49.7 Å². The van der Waals surface area contributed by atoms with Gasteiger partial charge in [-0.1, -0.05) is 79.5 Å². The van der Waals surface area contributed by atoms with Crippen molar-refractivity contribution in [3.8, 4) is 11.1 Å². The molecule has 210 valence electrons. The summed E-state index contributed by atoms with van der Waals surface area (Å²) in [6.07, 6.45) is 2.41. The average Bonchev–Trinajstić information content (AvgIpc) is 3.19. The van der Waals surface area contributed by atoms with Gasteiger partial charge in [-0.15, -0.1) is 0 Å². The summed E-state index contributed by atoms with van der Waals surface area (Å²) in [5.74, 6) is -0.178. The Morgan fingerprint density at radius 3 is 2.17 bits per heavy atom. The van der Waals surface area contributed by atoms with E-state index < -0.39 is 10.6 Å². The first-order valence-electron chi connectivity index (χ1n) is 13.9. The molecular formula is C32H38FN3O2P2. The fraction of sp³-hybridized carbons (Fsp3) is 0.375. The SMILES string of the molecule is Cc1ccc(C(=O)NC2CN(CCCCC3(C(=O)NCC(F)(P)P)c4ccccc4-c4ccccc43)C2)cc1C. The molecule has 1 saturated heterocycles. The van der Waals surface area contributed by atoms with Gasteiger partial charge in [0.15, 0.2) is 5.15 Å². The van der Waals surface area contributed by atoms with E-state index in [0.29, 0.717) is 12.0 Å². The lowest BCUT2D eigenvalue weighted by molar-refractivity contribution is -0.125. The molecule has 0 bridgehead atoms. The van der Waals surface area contributed by atoms with Gasteiger partial charge in [0, 0.05) is 18.7 Å². The number of halogens is 1. The molecule has 2 atom stereocenters. The van der Waals surface area contributed by atoms with Gasteiger partial charge in [0.25, 0.3) is 5.91 Å². The van der Waals surface area contributed by atoms with Crippen LogP contribution in [0.3, 0.4) is 0 Å². The van der Waals surface area contributed by atoms with Crippen LogP contribution >= 0.6 is 18.5 Å². The maximum absolute atomic E-state index is 14.3. The standard InChI is InChI=1S/C32H38FN3O2P2/c1-21-13-14-23(17-22(21)2)29(37)35-24-18-36(19-24)16-8-7-15-31(30(38)34-20-32(33,39)40)27-11-5-3-9-25(27)26-10-4-6-12-28(26)31/h3-6,9-14,17,24H,7-8,15-16,18-20,39-40H2,1-2H3,(H,34,38)(H,35,37). The fourth-order valence-electron chi connectivity index (χ4n) is 6.04. The molecule has 0 saturated carbocycles. The number of alkyl halides is 1. The van der Waals surface area contributed by atoms with E-state index in [9.17, 15) is 14.0 Å². The number of likely N-dealkylation sites (tertiary alicyclic amines) is 1. The van der Waals surface area contributed by atoms with Gasteiger partial charge in [-0.3, -0.25) is 14.5 Å². The average molecular weight is 578 g/mol. The van der Waals surface area contributed by atoms with Crippen molar-refractivity contribution in [1.82, 2.24) is 15.5 Å². The molecule has 2 N–H and O–H groups in total. The van der Waals surface area contributed by atoms with Crippen LogP contribution in [-0.2, 0) is 10.2 Å². The van der Waals surface area contributed by atoms with Crippen molar-refractivity contribution >= 4 is 30.3 Å². The Hall–Kier alpha value is -2.65. The first-order valence-corrected chi connectivity index (χ1v) is 15.1. The monoisotopic (exact) mass is 577 g/mol. The molecule has 1 heterocycles. The third-order valence-corrected chi connectivity index (χ3v) is 8.72. The molecule has 5 nitrogen and oxygen atoms in total. The minimum Gasteiger partial charge on any atom is -0.351 e. The smallest absolute Gasteiger partial charge is 0.251 e. The molecule has 40 heavy (non-hydrogen) atoms. The second-order valence-corrected chi connectivity index (χ2v) is 13.9. The summed E-state index contributed by atoms with van der Waals surface area (Å²) >= 11 is 0. The number of hydrogen-bond acceptors (Lipinski definition) is 3. The molecule has 2 unspecified atom stereocenters. The number of amides is 2. The van der Waals surface area contributed by atoms with Gasteiger partial charge in [0.2, 0.25) is 5.91 Å². The second-order valence-electron chi connectivity index (χ2n) is 11.3. The van der Waals surface area contributed by atoms with Crippen molar-refractivity contribution in [2.24, 2.45) is 0 Å². The normalized spacial score (nSPS) is 16.1. The molecule has 8 heteroatoms. The Kier molecular flexibility index (Phi) is 8.43. The molecule has 3 aromatic rings. The maximum Gasteiger partial charge on any atom is 0.251 e. The number of rotatable bonds is 10. The van der Waals surface area contributed by atoms with Crippen LogP contribution in [-0.4, -0.2) is 54.1 Å². The summed E-state index contributed by atoms with van der Waals surface area (Å²) in [5.41, 5.74) is 6.27. The van der Waals surface area contributed by atoms with Gasteiger partial charge >= 0.3 is 0 Å². The van der Waals surface area contributed by atoms with Crippen LogP contribution in [0.2, 0.25) is 0 Å². The van der Waals surface area contributed by atoms with E-state index in [0.717, 1.165) is 60.3 Å². The van der Waals surface area contributed by atoms with E-state index in [1.807, 2.05) is 68.4 Å². The van der Waals surface area contributed by atoms with Crippen LogP contribution in [0.4, 0.5) is 4.39 Å². The number of unbranched alkanes of at least 4 members (excludes halogenated alkanes) is 1. The van der Waals surface area contributed by atoms with Crippen molar-refractivity contribution < 1.29 is 14.0 Å². The van der Waals surface area contributed by atoms with Crippen LogP contribution < -0.4 is 10.6 Å². The predicted molar refractivity (Wildman–Crippen MR) is 166 cm³/mol. The second kappa shape index (κ2) is 11.7. The first-order chi connectivity index (χ1) is 19.1. The van der Waals surface area contributed by atoms with Crippen molar-refractivity contribution in [2.75, 3.05) is 26.2 Å². The highest BCUT2D eigenvalue weighted by Gasteiger charge is 2.48. The summed E-state index contributed by atoms with van der Waals surface area (Å²) < 4.78 is 14.3. The number of benzene rings is 3. The summed E-state index contributed by atoms with van der Waals surface area (Å²) in [5, 5.41) is 4.39.